The van der Waals surface area contributed by atoms with E-state index in [9.17, 15) is 5.11 Å². The van der Waals surface area contributed by atoms with E-state index in [0.717, 1.165) is 29.0 Å². The standard InChI is InChI=1S/C27H30N2O2/c1-27(2,3)21-13-15-23(16-14-21)31-19-22(30)18-29-25-12-8-7-11-24(25)28-26(29)17-20-9-5-4-6-10-20/h4-16,22,30H,17-19H2,1-3H3. The SMILES string of the molecule is CC(C)(C)c1ccc(OCC(O)Cn2c(Cc3ccccc3)nc3ccccc32)cc1. The number of ether oxygens (including phenoxy) is 1. The molecule has 4 aromatic rings. The Morgan fingerprint density at radius 2 is 1.58 bits per heavy atom. The molecule has 1 heterocycles. The summed E-state index contributed by atoms with van der Waals surface area (Å²) in [6, 6.07) is 26.5. The molecule has 31 heavy (non-hydrogen) atoms. The van der Waals surface area contributed by atoms with E-state index in [2.05, 4.69) is 55.7 Å². The zero-order valence-corrected chi connectivity index (χ0v) is 18.5. The van der Waals surface area contributed by atoms with Crippen LogP contribution in [0.2, 0.25) is 0 Å². The van der Waals surface area contributed by atoms with E-state index < -0.39 is 6.10 Å². The number of benzene rings is 3. The number of imidazole rings is 1. The van der Waals surface area contributed by atoms with Crippen LogP contribution in [0.5, 0.6) is 5.75 Å². The molecule has 1 N–H and O–H groups in total. The molecule has 4 nitrogen and oxygen atoms in total. The van der Waals surface area contributed by atoms with Gasteiger partial charge in [-0.2, -0.15) is 0 Å². The third kappa shape index (κ3) is 5.15. The molecule has 1 unspecified atom stereocenters. The van der Waals surface area contributed by atoms with Crippen LogP contribution < -0.4 is 4.74 Å². The van der Waals surface area contributed by atoms with Gasteiger partial charge in [-0.15, -0.1) is 0 Å². The quantitative estimate of drug-likeness (QED) is 0.443. The lowest BCUT2D eigenvalue weighted by Gasteiger charge is -2.20. The summed E-state index contributed by atoms with van der Waals surface area (Å²) in [7, 11) is 0. The van der Waals surface area contributed by atoms with Crippen LogP contribution in [0, 0.1) is 0 Å². The minimum atomic E-state index is -0.644. The van der Waals surface area contributed by atoms with Crippen molar-refractivity contribution in [1.82, 2.24) is 9.55 Å². The van der Waals surface area contributed by atoms with Gasteiger partial charge in [-0.1, -0.05) is 75.4 Å². The number of aromatic nitrogens is 2. The van der Waals surface area contributed by atoms with Gasteiger partial charge >= 0.3 is 0 Å². The Balaban J connectivity index is 1.47. The van der Waals surface area contributed by atoms with Crippen molar-refractivity contribution in [2.75, 3.05) is 6.61 Å². The summed E-state index contributed by atoms with van der Waals surface area (Å²) in [4.78, 5) is 4.82. The lowest BCUT2D eigenvalue weighted by molar-refractivity contribution is 0.0928. The molecule has 0 aliphatic carbocycles. The largest absolute Gasteiger partial charge is 0.491 e. The molecule has 0 aliphatic heterocycles. The maximum absolute atomic E-state index is 10.7. The van der Waals surface area contributed by atoms with Gasteiger partial charge in [0.15, 0.2) is 0 Å². The summed E-state index contributed by atoms with van der Waals surface area (Å²) in [6.45, 7) is 7.23. The van der Waals surface area contributed by atoms with E-state index >= 15 is 0 Å². The van der Waals surface area contributed by atoms with Crippen molar-refractivity contribution in [1.29, 1.82) is 0 Å². The molecule has 0 spiro atoms. The first kappa shape index (κ1) is 21.1. The Labute approximate surface area is 184 Å². The number of nitrogens with zero attached hydrogens (tertiary/aromatic N) is 2. The highest BCUT2D eigenvalue weighted by Crippen LogP contribution is 2.24. The highest BCUT2D eigenvalue weighted by Gasteiger charge is 2.16. The third-order valence-electron chi connectivity index (χ3n) is 5.49. The number of hydrogen-bond acceptors (Lipinski definition) is 3. The molecule has 0 bridgehead atoms. The molecule has 4 rings (SSSR count). The van der Waals surface area contributed by atoms with Gasteiger partial charge < -0.3 is 14.4 Å². The molecule has 1 aromatic heterocycles. The van der Waals surface area contributed by atoms with Crippen LogP contribution in [-0.2, 0) is 18.4 Å². The van der Waals surface area contributed by atoms with Crippen molar-refractivity contribution in [3.8, 4) is 5.75 Å². The topological polar surface area (TPSA) is 47.3 Å². The first-order chi connectivity index (χ1) is 14.9. The number of aliphatic hydroxyl groups is 1. The van der Waals surface area contributed by atoms with E-state index in [0.29, 0.717) is 6.54 Å². The Morgan fingerprint density at radius 1 is 0.903 bits per heavy atom. The summed E-state index contributed by atoms with van der Waals surface area (Å²) in [6.07, 6.45) is 0.0756. The summed E-state index contributed by atoms with van der Waals surface area (Å²) in [5.74, 6) is 1.72. The minimum Gasteiger partial charge on any atom is -0.491 e. The average Bonchev–Trinajstić information content (AvgIpc) is 3.09. The van der Waals surface area contributed by atoms with Gasteiger partial charge in [0.1, 0.15) is 24.3 Å². The van der Waals surface area contributed by atoms with Crippen LogP contribution in [-0.4, -0.2) is 27.4 Å². The molecule has 160 valence electrons. The number of aliphatic hydroxyl groups excluding tert-OH is 1. The van der Waals surface area contributed by atoms with Gasteiger partial charge in [0.05, 0.1) is 17.6 Å². The van der Waals surface area contributed by atoms with Crippen molar-refractivity contribution in [3.05, 3.63) is 95.8 Å². The van der Waals surface area contributed by atoms with E-state index in [-0.39, 0.29) is 12.0 Å². The summed E-state index contributed by atoms with van der Waals surface area (Å²) < 4.78 is 7.98. The number of rotatable bonds is 7. The van der Waals surface area contributed by atoms with Gasteiger partial charge in [-0.3, -0.25) is 0 Å². The molecule has 0 fully saturated rings. The summed E-state index contributed by atoms with van der Waals surface area (Å²) in [5, 5.41) is 10.7. The highest BCUT2D eigenvalue weighted by molar-refractivity contribution is 5.76. The molecule has 1 atom stereocenters. The minimum absolute atomic E-state index is 0.107. The molecule has 0 amide bonds. The van der Waals surface area contributed by atoms with Crippen LogP contribution >= 0.6 is 0 Å². The summed E-state index contributed by atoms with van der Waals surface area (Å²) >= 11 is 0. The van der Waals surface area contributed by atoms with Gasteiger partial charge in [0.25, 0.3) is 0 Å². The smallest absolute Gasteiger partial charge is 0.119 e. The maximum Gasteiger partial charge on any atom is 0.119 e. The van der Waals surface area contributed by atoms with E-state index in [1.807, 2.05) is 48.5 Å². The molecule has 0 radical (unpaired) electrons. The zero-order chi connectivity index (χ0) is 21.8. The Hall–Kier alpha value is -3.11. The predicted octanol–water partition coefficient (Wildman–Crippen LogP) is 5.36. The molecular formula is C27H30N2O2. The second kappa shape index (κ2) is 8.94. The second-order valence-electron chi connectivity index (χ2n) is 9.03. The molecular weight excluding hydrogens is 384 g/mol. The number of fused-ring (bicyclic) bond motifs is 1. The van der Waals surface area contributed by atoms with Crippen LogP contribution in [0.25, 0.3) is 11.0 Å². The summed E-state index contributed by atoms with van der Waals surface area (Å²) in [5.41, 5.74) is 4.54. The molecule has 0 saturated heterocycles. The fourth-order valence-electron chi connectivity index (χ4n) is 3.75. The third-order valence-corrected chi connectivity index (χ3v) is 5.49. The van der Waals surface area contributed by atoms with Gasteiger partial charge in [-0.25, -0.2) is 4.98 Å². The van der Waals surface area contributed by atoms with Crippen LogP contribution in [0.3, 0.4) is 0 Å². The molecule has 0 aliphatic rings. The monoisotopic (exact) mass is 414 g/mol. The van der Waals surface area contributed by atoms with Gasteiger partial charge in [0, 0.05) is 6.42 Å². The Kier molecular flexibility index (Phi) is 6.10. The van der Waals surface area contributed by atoms with Crippen LogP contribution in [0.1, 0.15) is 37.7 Å². The van der Waals surface area contributed by atoms with Crippen molar-refractivity contribution in [2.45, 2.75) is 45.3 Å². The fourth-order valence-corrected chi connectivity index (χ4v) is 3.75. The molecule has 3 aromatic carbocycles. The lowest BCUT2D eigenvalue weighted by Crippen LogP contribution is -2.24. The normalized spacial score (nSPS) is 12.8. The fraction of sp³-hybridized carbons (Fsp3) is 0.296. The predicted molar refractivity (Wildman–Crippen MR) is 126 cm³/mol. The average molecular weight is 415 g/mol. The Morgan fingerprint density at radius 3 is 2.29 bits per heavy atom. The van der Waals surface area contributed by atoms with Crippen molar-refractivity contribution < 1.29 is 9.84 Å². The maximum atomic E-state index is 10.7. The lowest BCUT2D eigenvalue weighted by atomic mass is 9.87. The van der Waals surface area contributed by atoms with Crippen LogP contribution in [0.15, 0.2) is 78.9 Å². The van der Waals surface area contributed by atoms with Crippen LogP contribution in [0.4, 0.5) is 0 Å². The first-order valence-electron chi connectivity index (χ1n) is 10.8. The highest BCUT2D eigenvalue weighted by atomic mass is 16.5. The van der Waals surface area contributed by atoms with Crippen molar-refractivity contribution >= 4 is 11.0 Å². The van der Waals surface area contributed by atoms with Gasteiger partial charge in [-0.05, 0) is 40.8 Å². The van der Waals surface area contributed by atoms with E-state index in [1.54, 1.807) is 0 Å². The number of para-hydroxylation sites is 2. The molecule has 4 heteroatoms. The Bertz CT molecular complexity index is 1130. The first-order valence-corrected chi connectivity index (χ1v) is 10.8. The number of hydrogen-bond donors (Lipinski definition) is 1. The van der Waals surface area contributed by atoms with Gasteiger partial charge in [0.2, 0.25) is 0 Å². The van der Waals surface area contributed by atoms with E-state index in [1.165, 1.54) is 11.1 Å². The second-order valence-corrected chi connectivity index (χ2v) is 9.03. The van der Waals surface area contributed by atoms with Crippen molar-refractivity contribution in [2.24, 2.45) is 0 Å². The zero-order valence-electron chi connectivity index (χ0n) is 18.5. The van der Waals surface area contributed by atoms with E-state index in [4.69, 9.17) is 9.72 Å². The molecule has 0 saturated carbocycles. The van der Waals surface area contributed by atoms with Crippen molar-refractivity contribution in [3.63, 3.8) is 0 Å².